The van der Waals surface area contributed by atoms with Crippen LogP contribution in [-0.2, 0) is 6.54 Å². The molecule has 4 rings (SSSR count). The van der Waals surface area contributed by atoms with E-state index in [-0.39, 0.29) is 23.2 Å². The van der Waals surface area contributed by atoms with Gasteiger partial charge in [0.2, 0.25) is 5.56 Å². The summed E-state index contributed by atoms with van der Waals surface area (Å²) in [7, 11) is 0. The average molecular weight is 406 g/mol. The minimum Gasteiger partial charge on any atom is -0.322 e. The van der Waals surface area contributed by atoms with Gasteiger partial charge in [0.1, 0.15) is 0 Å². The van der Waals surface area contributed by atoms with Gasteiger partial charge in [0.15, 0.2) is 0 Å². The van der Waals surface area contributed by atoms with E-state index in [2.05, 4.69) is 10.3 Å². The molecule has 0 spiro atoms. The van der Waals surface area contributed by atoms with E-state index in [0.717, 1.165) is 5.56 Å². The Kier molecular flexibility index (Phi) is 5.01. The van der Waals surface area contributed by atoms with Crippen LogP contribution in [0.1, 0.15) is 15.9 Å². The fourth-order valence-corrected chi connectivity index (χ4v) is 3.33. The highest BCUT2D eigenvalue weighted by atomic mass is 35.5. The number of rotatable bonds is 4. The van der Waals surface area contributed by atoms with E-state index in [1.807, 2.05) is 18.2 Å². The summed E-state index contributed by atoms with van der Waals surface area (Å²) in [6, 6.07) is 18.5. The van der Waals surface area contributed by atoms with Gasteiger partial charge < -0.3 is 14.9 Å². The van der Waals surface area contributed by atoms with Gasteiger partial charge in [-0.05, 0) is 23.8 Å². The van der Waals surface area contributed by atoms with E-state index >= 15 is 0 Å². The van der Waals surface area contributed by atoms with E-state index in [1.54, 1.807) is 36.5 Å². The molecule has 0 aliphatic rings. The molecule has 1 amide bonds. The Labute approximate surface area is 170 Å². The second kappa shape index (κ2) is 7.77. The topological polar surface area (TPSA) is 84.0 Å². The van der Waals surface area contributed by atoms with Gasteiger partial charge in [-0.25, -0.2) is 0 Å². The van der Waals surface area contributed by atoms with Gasteiger partial charge in [0, 0.05) is 34.3 Å². The molecular weight excluding hydrogens is 390 g/mol. The lowest BCUT2D eigenvalue weighted by atomic mass is 10.1. The van der Waals surface area contributed by atoms with Gasteiger partial charge in [0.05, 0.1) is 17.8 Å². The molecule has 0 atom stereocenters. The molecule has 7 heteroatoms. The van der Waals surface area contributed by atoms with Gasteiger partial charge in [-0.3, -0.25) is 14.4 Å². The Hall–Kier alpha value is -3.64. The molecule has 0 aliphatic heterocycles. The summed E-state index contributed by atoms with van der Waals surface area (Å²) in [6.07, 6.45) is 1.55. The van der Waals surface area contributed by atoms with E-state index in [0.29, 0.717) is 21.6 Å². The number of pyridine rings is 2. The van der Waals surface area contributed by atoms with Crippen molar-refractivity contribution >= 4 is 34.1 Å². The highest BCUT2D eigenvalue weighted by molar-refractivity contribution is 6.31. The summed E-state index contributed by atoms with van der Waals surface area (Å²) in [6.45, 7) is 0.274. The van der Waals surface area contributed by atoms with Crippen molar-refractivity contribution in [1.82, 2.24) is 9.55 Å². The van der Waals surface area contributed by atoms with Crippen molar-refractivity contribution < 1.29 is 4.79 Å². The SMILES string of the molecule is O=C(Nc1ccc(=O)n(Cc2ccccc2Cl)c1)c1cc(=O)[nH]c2ccccc12. The Balaban J connectivity index is 1.65. The predicted octanol–water partition coefficient (Wildman–Crippen LogP) is 3.64. The number of aromatic nitrogens is 2. The van der Waals surface area contributed by atoms with Crippen molar-refractivity contribution in [3.8, 4) is 0 Å². The molecule has 2 aromatic carbocycles. The normalized spacial score (nSPS) is 10.8. The Bertz CT molecular complexity index is 1340. The minimum atomic E-state index is -0.435. The number of nitrogens with one attached hydrogen (secondary N) is 2. The van der Waals surface area contributed by atoms with Crippen molar-refractivity contribution in [2.45, 2.75) is 6.54 Å². The molecule has 144 valence electrons. The van der Waals surface area contributed by atoms with Crippen LogP contribution in [0.25, 0.3) is 10.9 Å². The standard InChI is InChI=1S/C22H16ClN3O3/c23-18-7-3-1-5-14(18)12-26-13-15(9-10-21(26)28)24-22(29)17-11-20(27)25-19-8-4-2-6-16(17)19/h1-11,13H,12H2,(H,24,29)(H,25,27). The number of hydrogen-bond donors (Lipinski definition) is 2. The maximum absolute atomic E-state index is 12.8. The number of benzene rings is 2. The maximum atomic E-state index is 12.8. The molecule has 4 aromatic rings. The first-order valence-electron chi connectivity index (χ1n) is 8.88. The lowest BCUT2D eigenvalue weighted by Crippen LogP contribution is -2.22. The second-order valence-corrected chi connectivity index (χ2v) is 6.93. The van der Waals surface area contributed by atoms with Crippen molar-refractivity contribution in [3.05, 3.63) is 110 Å². The largest absolute Gasteiger partial charge is 0.322 e. The summed E-state index contributed by atoms with van der Waals surface area (Å²) in [5.74, 6) is -0.435. The zero-order valence-corrected chi connectivity index (χ0v) is 15.9. The van der Waals surface area contributed by atoms with Gasteiger partial charge in [0.25, 0.3) is 11.5 Å². The van der Waals surface area contributed by atoms with Gasteiger partial charge in [-0.15, -0.1) is 0 Å². The lowest BCUT2D eigenvalue weighted by Gasteiger charge is -2.11. The molecule has 2 N–H and O–H groups in total. The molecule has 2 aromatic heterocycles. The van der Waals surface area contributed by atoms with Crippen molar-refractivity contribution in [2.75, 3.05) is 5.32 Å². The fourth-order valence-electron chi connectivity index (χ4n) is 3.13. The fraction of sp³-hybridized carbons (Fsp3) is 0.0455. The van der Waals surface area contributed by atoms with Crippen LogP contribution in [0.4, 0.5) is 5.69 Å². The first-order valence-corrected chi connectivity index (χ1v) is 9.26. The first-order chi connectivity index (χ1) is 14.0. The number of anilines is 1. The van der Waals surface area contributed by atoms with Gasteiger partial charge in [-0.2, -0.15) is 0 Å². The predicted molar refractivity (Wildman–Crippen MR) is 114 cm³/mol. The average Bonchev–Trinajstić information content (AvgIpc) is 2.71. The van der Waals surface area contributed by atoms with E-state index < -0.39 is 5.91 Å². The number of amides is 1. The number of carbonyl (C=O) groups excluding carboxylic acids is 1. The third kappa shape index (κ3) is 3.97. The molecule has 0 aliphatic carbocycles. The number of carbonyl (C=O) groups is 1. The number of H-pyrrole nitrogens is 1. The quantitative estimate of drug-likeness (QED) is 0.543. The molecule has 6 nitrogen and oxygen atoms in total. The van der Waals surface area contributed by atoms with E-state index in [9.17, 15) is 14.4 Å². The Morgan fingerprint density at radius 1 is 1.00 bits per heavy atom. The highest BCUT2D eigenvalue weighted by Gasteiger charge is 2.13. The molecule has 0 saturated heterocycles. The third-order valence-electron chi connectivity index (χ3n) is 4.54. The number of para-hydroxylation sites is 1. The van der Waals surface area contributed by atoms with Crippen LogP contribution >= 0.6 is 11.6 Å². The number of nitrogens with zero attached hydrogens (tertiary/aromatic N) is 1. The molecule has 29 heavy (non-hydrogen) atoms. The monoisotopic (exact) mass is 405 g/mol. The van der Waals surface area contributed by atoms with Gasteiger partial charge in [-0.1, -0.05) is 48.0 Å². The molecule has 2 heterocycles. The van der Waals surface area contributed by atoms with E-state index in [1.165, 1.54) is 22.8 Å². The van der Waals surface area contributed by atoms with Crippen LogP contribution in [-0.4, -0.2) is 15.5 Å². The zero-order chi connectivity index (χ0) is 20.4. The zero-order valence-electron chi connectivity index (χ0n) is 15.2. The van der Waals surface area contributed by atoms with Crippen LogP contribution in [0.5, 0.6) is 0 Å². The van der Waals surface area contributed by atoms with Crippen LogP contribution in [0, 0.1) is 0 Å². The summed E-state index contributed by atoms with van der Waals surface area (Å²) in [4.78, 5) is 39.6. The van der Waals surface area contributed by atoms with Crippen LogP contribution in [0.2, 0.25) is 5.02 Å². The summed E-state index contributed by atoms with van der Waals surface area (Å²) in [5.41, 5.74) is 1.48. The molecule has 0 saturated carbocycles. The molecular formula is C22H16ClN3O3. The molecule has 0 radical (unpaired) electrons. The molecule has 0 bridgehead atoms. The van der Waals surface area contributed by atoms with Crippen LogP contribution in [0.15, 0.2) is 82.5 Å². The molecule has 0 unspecified atom stereocenters. The number of hydrogen-bond acceptors (Lipinski definition) is 3. The number of halogens is 1. The first kappa shape index (κ1) is 18.7. The lowest BCUT2D eigenvalue weighted by molar-refractivity contribution is 0.102. The number of aromatic amines is 1. The van der Waals surface area contributed by atoms with E-state index in [4.69, 9.17) is 11.6 Å². The van der Waals surface area contributed by atoms with Gasteiger partial charge >= 0.3 is 0 Å². The van der Waals surface area contributed by atoms with Crippen molar-refractivity contribution in [1.29, 1.82) is 0 Å². The molecule has 0 fully saturated rings. The smallest absolute Gasteiger partial charge is 0.256 e. The van der Waals surface area contributed by atoms with Crippen LogP contribution in [0.3, 0.4) is 0 Å². The maximum Gasteiger partial charge on any atom is 0.256 e. The third-order valence-corrected chi connectivity index (χ3v) is 4.90. The second-order valence-electron chi connectivity index (χ2n) is 6.52. The summed E-state index contributed by atoms with van der Waals surface area (Å²) >= 11 is 6.18. The summed E-state index contributed by atoms with van der Waals surface area (Å²) < 4.78 is 1.47. The Morgan fingerprint density at radius 3 is 2.59 bits per heavy atom. The number of fused-ring (bicyclic) bond motifs is 1. The van der Waals surface area contributed by atoms with Crippen molar-refractivity contribution in [2.24, 2.45) is 0 Å². The highest BCUT2D eigenvalue weighted by Crippen LogP contribution is 2.18. The Morgan fingerprint density at radius 2 is 1.76 bits per heavy atom. The summed E-state index contributed by atoms with van der Waals surface area (Å²) in [5, 5.41) is 3.95. The van der Waals surface area contributed by atoms with Crippen molar-refractivity contribution in [3.63, 3.8) is 0 Å². The minimum absolute atomic E-state index is 0.218. The van der Waals surface area contributed by atoms with Crippen LogP contribution < -0.4 is 16.4 Å².